The lowest BCUT2D eigenvalue weighted by Gasteiger charge is -2.27. The zero-order chi connectivity index (χ0) is 100. The smallest absolute Gasteiger partial charge is 0.351 e. The van der Waals surface area contributed by atoms with Gasteiger partial charge in [-0.25, -0.2) is 52.3 Å². The summed E-state index contributed by atoms with van der Waals surface area (Å²) in [5.74, 6) is -1.84. The lowest BCUT2D eigenvalue weighted by atomic mass is 9.89. The van der Waals surface area contributed by atoms with Gasteiger partial charge in [-0.05, 0) is 125 Å². The third-order valence-corrected chi connectivity index (χ3v) is 29.0. The highest BCUT2D eigenvalue weighted by Gasteiger charge is 2.25. The summed E-state index contributed by atoms with van der Waals surface area (Å²) in [7, 11) is 18.7. The predicted octanol–water partition coefficient (Wildman–Crippen LogP) is 21.0. The van der Waals surface area contributed by atoms with Crippen molar-refractivity contribution < 1.29 is 89.1 Å². The average molecular weight is 2020 g/mol. The summed E-state index contributed by atoms with van der Waals surface area (Å²) < 4.78 is 72.8. The first-order valence-electron chi connectivity index (χ1n) is 43.0. The Labute approximate surface area is 822 Å². The zero-order valence-corrected chi connectivity index (χ0v) is 82.6. The molecule has 31 nitrogen and oxygen atoms in total. The number of methoxy groups -OCH3 is 5. The normalized spacial score (nSPS) is 11.6. The summed E-state index contributed by atoms with van der Waals surface area (Å²) in [6.45, 7) is 11.2. The van der Waals surface area contributed by atoms with Gasteiger partial charge in [0.05, 0.1) is 93.8 Å². The van der Waals surface area contributed by atoms with Gasteiger partial charge < -0.3 is 94.9 Å². The Kier molecular flexibility index (Phi) is 34.1. The number of benzene rings is 4. The van der Waals surface area contributed by atoms with E-state index < -0.39 is 57.6 Å². The van der Waals surface area contributed by atoms with Gasteiger partial charge in [0, 0.05) is 130 Å². The molecule has 726 valence electrons. The Balaban J connectivity index is 0.000000141. The monoisotopic (exact) mass is 2010 g/mol. The minimum atomic E-state index is -1.29. The number of carbonyl (C=O) groups excluding carboxylic acids is 3. The summed E-state index contributed by atoms with van der Waals surface area (Å²) in [6.07, 6.45) is 10.2. The number of halogens is 1. The highest BCUT2D eigenvalue weighted by molar-refractivity contribution is 7.24. The Hall–Kier alpha value is -15.2. The van der Waals surface area contributed by atoms with Crippen LogP contribution in [0.15, 0.2) is 269 Å². The molecule has 13 aromatic heterocycles. The van der Waals surface area contributed by atoms with Crippen LogP contribution in [0.25, 0.3) is 73.2 Å². The minimum Gasteiger partial charge on any atom is -0.508 e. The molecule has 1 aliphatic rings. The number of anilines is 6. The van der Waals surface area contributed by atoms with E-state index in [0.29, 0.717) is 69.1 Å². The fraction of sp³-hybridized carbons (Fsp3) is 0.225. The Morgan fingerprint density at radius 3 is 1.01 bits per heavy atom. The third-order valence-electron chi connectivity index (χ3n) is 21.9. The molecule has 18 rings (SSSR count). The number of rotatable bonds is 26. The van der Waals surface area contributed by atoms with Crippen molar-refractivity contribution in [1.29, 1.82) is 0 Å². The number of hydrogen-bond donors (Lipinski definition) is 3. The van der Waals surface area contributed by atoms with Crippen LogP contribution >= 0.6 is 68.0 Å². The maximum absolute atomic E-state index is 13.0. The number of ether oxygens (including phenoxy) is 5. The Bertz CT molecular complexity index is 7570. The molecular weight excluding hydrogens is 1920 g/mol. The van der Waals surface area contributed by atoms with Crippen LogP contribution in [0, 0.1) is 11.7 Å². The molecule has 38 heteroatoms. The van der Waals surface area contributed by atoms with Crippen molar-refractivity contribution in [3.05, 3.63) is 343 Å². The molecule has 0 bridgehead atoms. The van der Waals surface area contributed by atoms with Crippen molar-refractivity contribution in [2.24, 2.45) is 5.92 Å². The average Bonchev–Trinajstić information content (AvgIpc) is 1.68. The summed E-state index contributed by atoms with van der Waals surface area (Å²) in [5.41, 5.74) is 3.75. The largest absolute Gasteiger partial charge is 0.508 e. The van der Waals surface area contributed by atoms with Crippen molar-refractivity contribution >= 4 is 195 Å². The highest BCUT2D eigenvalue weighted by Crippen LogP contribution is 2.40. The number of aromatic nitrogens is 1. The second kappa shape index (κ2) is 46.8. The highest BCUT2D eigenvalue weighted by atomic mass is 32.1. The molecule has 1 saturated carbocycles. The number of fused-ring (bicyclic) bond motifs is 6. The number of thiophene rings is 6. The maximum Gasteiger partial charge on any atom is 0.351 e. The molecule has 0 atom stereocenters. The number of carbonyl (C=O) groups is 4. The van der Waals surface area contributed by atoms with E-state index in [1.807, 2.05) is 147 Å². The van der Waals surface area contributed by atoms with E-state index in [2.05, 4.69) is 66.2 Å². The number of nitrogens with zero attached hydrogens (tertiary/aromatic N) is 7. The first-order valence-corrected chi connectivity index (χ1v) is 47.9. The third kappa shape index (κ3) is 26.0. The number of carboxylic acid groups (broad SMARTS) is 1. The summed E-state index contributed by atoms with van der Waals surface area (Å²) in [4.78, 5) is 133. The number of esters is 3. The predicted molar refractivity (Wildman–Crippen MR) is 550 cm³/mol. The van der Waals surface area contributed by atoms with Crippen LogP contribution in [0.2, 0.25) is 0 Å². The Morgan fingerprint density at radius 1 is 0.357 bits per heavy atom. The van der Waals surface area contributed by atoms with Gasteiger partial charge in [-0.3, -0.25) is 4.98 Å². The molecule has 0 spiro atoms. The summed E-state index contributed by atoms with van der Waals surface area (Å²) >= 11 is 8.73. The first kappa shape index (κ1) is 102. The van der Waals surface area contributed by atoms with Crippen molar-refractivity contribution in [2.75, 3.05) is 114 Å². The fourth-order valence-electron chi connectivity index (χ4n) is 14.6. The second-order valence-corrected chi connectivity index (χ2v) is 38.4. The van der Waals surface area contributed by atoms with E-state index in [4.69, 9.17) is 41.1 Å². The number of aliphatic hydroxyl groups is 2. The lowest BCUT2D eigenvalue weighted by molar-refractivity contribution is 0.0587. The van der Waals surface area contributed by atoms with E-state index in [0.717, 1.165) is 102 Å². The SMILES string of the molecule is C=C(O)c1cc2sc(N(C)CC3CCCCC3)cc2oc1=O.C=C(O)c1cc2sc(N(C)Cc3cccc(OC)c3)cc2oc1=O.COC(=O)c1cc2sc(N(C)Cc3ccc(F)cc3)cc2oc1=O.COC(=O)c1cc2sc(N(C)Cc3ccccc3)cc2oc1=O.COC(=O)c1cc2sc(N(C)Cc3cccnc3)cc2oc1=O.COc1ccc(CN(C)c2cc3oc(=O)c(C(=O)O)cc3s2)cc1. The van der Waals surface area contributed by atoms with E-state index in [1.165, 1.54) is 152 Å². The van der Waals surface area contributed by atoms with Crippen LogP contribution in [-0.4, -0.2) is 129 Å². The Morgan fingerprint density at radius 2 is 0.664 bits per heavy atom. The standard InChI is InChI=1S/C18H17NO4S.C17H14FNO4S.C17H15NO5S.C17H15NO4S.C17H21NO3S.C16H14N2O4S/c1-11(20)14-8-16-15(23-18(14)21)9-17(24-16)19(2)10-12-5-4-6-13(7-12)22-3;1-19(9-10-3-5-11(18)6-4-10)15-8-13-14(24-15)7-12(16(20)22-2)17(21)23-13;1-18(9-10-3-5-11(22-2)6-4-10)15-8-13-14(24-15)7-12(16(19)20)17(21)23-13;1-18(10-11-6-4-3-5-7-11)15-9-13-14(23-15)8-12(16(19)21-2)17(20)22-13;1-11(19)13-8-15-14(21-17(13)20)9-16(22-15)18(2)10-12-6-4-3-5-7-12;1-18(9-10-4-3-5-17-8-10)14-7-12-13(23-14)6-11(15(19)21-2)16(20)22-12/h4-9,20H,1,10H2,2-3H3;3-8H,9H2,1-2H3;3-8H,9H2,1-2H3,(H,19,20);3-9H,10H2,1-2H3;8-9,12,19H,1,3-7,10H2,2H3;3-8H,9H2,1-2H3. The molecule has 0 aliphatic heterocycles. The molecule has 0 amide bonds. The van der Waals surface area contributed by atoms with E-state index in [1.54, 1.807) is 80.4 Å². The van der Waals surface area contributed by atoms with Gasteiger partial charge >= 0.3 is 57.6 Å². The number of hydrogen-bond acceptors (Lipinski definition) is 36. The quantitative estimate of drug-likeness (QED) is 0.0257. The molecular formula is C102H96FN7O24S6. The molecule has 1 fully saturated rings. The van der Waals surface area contributed by atoms with Gasteiger partial charge in [-0.2, -0.15) is 0 Å². The molecule has 0 radical (unpaired) electrons. The topological polar surface area (TPSA) is 389 Å². The van der Waals surface area contributed by atoms with Crippen LogP contribution in [-0.2, 0) is 46.9 Å². The molecule has 140 heavy (non-hydrogen) atoms. The molecule has 1 aliphatic carbocycles. The zero-order valence-electron chi connectivity index (χ0n) is 77.7. The van der Waals surface area contributed by atoms with Gasteiger partial charge in [0.15, 0.2) is 33.5 Å². The molecule has 4 aromatic carbocycles. The summed E-state index contributed by atoms with van der Waals surface area (Å²) in [5, 5.41) is 33.6. The second-order valence-electron chi connectivity index (χ2n) is 32.1. The number of pyridine rings is 1. The van der Waals surface area contributed by atoms with Gasteiger partial charge in [0.1, 0.15) is 62.2 Å². The number of carboxylic acids is 1. The molecule has 0 saturated heterocycles. The molecule has 17 aromatic rings. The van der Waals surface area contributed by atoms with Crippen LogP contribution in [0.5, 0.6) is 11.5 Å². The molecule has 0 unspecified atom stereocenters. The lowest BCUT2D eigenvalue weighted by Crippen LogP contribution is -2.26. The van der Waals surface area contributed by atoms with Crippen LogP contribution in [0.4, 0.5) is 34.4 Å². The van der Waals surface area contributed by atoms with Gasteiger partial charge in [-0.1, -0.05) is 105 Å². The van der Waals surface area contributed by atoms with E-state index in [9.17, 15) is 62.5 Å². The van der Waals surface area contributed by atoms with Gasteiger partial charge in [0.2, 0.25) is 0 Å². The fourth-order valence-corrected chi connectivity index (χ4v) is 20.6. The van der Waals surface area contributed by atoms with Crippen molar-refractivity contribution in [3.8, 4) is 11.5 Å². The molecule has 3 N–H and O–H groups in total. The van der Waals surface area contributed by atoms with Crippen molar-refractivity contribution in [2.45, 2.75) is 64.8 Å². The van der Waals surface area contributed by atoms with Gasteiger partial charge in [0.25, 0.3) is 0 Å². The maximum atomic E-state index is 13.0. The van der Waals surface area contributed by atoms with E-state index >= 15 is 0 Å². The van der Waals surface area contributed by atoms with Crippen molar-refractivity contribution in [3.63, 3.8) is 0 Å². The number of aliphatic hydroxyl groups excluding tert-OH is 2. The van der Waals surface area contributed by atoms with Gasteiger partial charge in [-0.15, -0.1) is 68.0 Å². The summed E-state index contributed by atoms with van der Waals surface area (Å²) in [6, 6.07) is 55.8. The number of aromatic carboxylic acids is 1. The van der Waals surface area contributed by atoms with Crippen LogP contribution < -0.4 is 72.6 Å². The van der Waals surface area contributed by atoms with Crippen LogP contribution in [0.1, 0.15) is 112 Å². The molecule has 13 heterocycles. The first-order chi connectivity index (χ1) is 67.1. The minimum absolute atomic E-state index is 0.0842. The van der Waals surface area contributed by atoms with E-state index in [-0.39, 0.29) is 50.7 Å². The van der Waals surface area contributed by atoms with Crippen LogP contribution in [0.3, 0.4) is 0 Å². The van der Waals surface area contributed by atoms with Crippen molar-refractivity contribution in [1.82, 2.24) is 4.98 Å².